The van der Waals surface area contributed by atoms with Crippen molar-refractivity contribution in [3.63, 3.8) is 0 Å². The second-order valence-corrected chi connectivity index (χ2v) is 8.22. The number of rotatable bonds is 5. The summed E-state index contributed by atoms with van der Waals surface area (Å²) in [6.45, 7) is 6.09. The van der Waals surface area contributed by atoms with Crippen LogP contribution in [0.25, 0.3) is 0 Å². The summed E-state index contributed by atoms with van der Waals surface area (Å²) in [6, 6.07) is 4.12. The van der Waals surface area contributed by atoms with Crippen molar-refractivity contribution in [2.45, 2.75) is 11.3 Å². The first-order valence-electron chi connectivity index (χ1n) is 8.28. The molecule has 0 radical (unpaired) electrons. The maximum atomic E-state index is 14.4. The van der Waals surface area contributed by atoms with Gasteiger partial charge in [-0.1, -0.05) is 0 Å². The molecule has 2 aliphatic rings. The number of anilines is 1. The third-order valence-corrected chi connectivity index (χ3v) is 6.16. The molecule has 3 rings (SSSR count). The molecule has 2 heterocycles. The van der Waals surface area contributed by atoms with E-state index < -0.39 is 15.8 Å². The van der Waals surface area contributed by atoms with Crippen molar-refractivity contribution in [3.05, 3.63) is 24.0 Å². The molecule has 134 valence electrons. The van der Waals surface area contributed by atoms with E-state index in [0.29, 0.717) is 11.6 Å². The van der Waals surface area contributed by atoms with Gasteiger partial charge in [-0.05, 0) is 37.6 Å². The molecule has 0 bridgehead atoms. The van der Waals surface area contributed by atoms with Gasteiger partial charge < -0.3 is 9.64 Å². The fourth-order valence-electron chi connectivity index (χ4n) is 3.38. The normalized spacial score (nSPS) is 22.9. The van der Waals surface area contributed by atoms with E-state index in [0.717, 1.165) is 58.4 Å². The topological polar surface area (TPSA) is 61.9 Å². The molecule has 0 spiro atoms. The van der Waals surface area contributed by atoms with Crippen LogP contribution in [0.1, 0.15) is 6.42 Å². The van der Waals surface area contributed by atoms with Gasteiger partial charge in [0.15, 0.2) is 0 Å². The summed E-state index contributed by atoms with van der Waals surface area (Å²) in [5.41, 5.74) is 0.481. The third kappa shape index (κ3) is 3.88. The van der Waals surface area contributed by atoms with E-state index in [1.807, 2.05) is 4.90 Å². The van der Waals surface area contributed by atoms with Crippen molar-refractivity contribution in [1.29, 1.82) is 0 Å². The number of benzene rings is 1. The largest absolute Gasteiger partial charge is 0.379 e. The minimum atomic E-state index is -3.62. The van der Waals surface area contributed by atoms with Gasteiger partial charge in [0.25, 0.3) is 0 Å². The lowest BCUT2D eigenvalue weighted by Gasteiger charge is -2.29. The van der Waals surface area contributed by atoms with Gasteiger partial charge in [0.2, 0.25) is 10.0 Å². The van der Waals surface area contributed by atoms with Gasteiger partial charge >= 0.3 is 0 Å². The number of nitrogens with one attached hydrogen (secondary N) is 1. The molecular weight excluding hydrogens is 333 g/mol. The minimum absolute atomic E-state index is 0.0460. The van der Waals surface area contributed by atoms with E-state index in [4.69, 9.17) is 4.74 Å². The second kappa shape index (κ2) is 7.35. The lowest BCUT2D eigenvalue weighted by atomic mass is 10.1. The van der Waals surface area contributed by atoms with Crippen LogP contribution in [0.15, 0.2) is 23.1 Å². The molecule has 2 aliphatic heterocycles. The monoisotopic (exact) mass is 357 g/mol. The molecular formula is C16H24FN3O3S. The molecule has 1 aromatic rings. The predicted octanol–water partition coefficient (Wildman–Crippen LogP) is 0.892. The van der Waals surface area contributed by atoms with Crippen LogP contribution in [0.5, 0.6) is 0 Å². The minimum Gasteiger partial charge on any atom is -0.379 e. The lowest BCUT2D eigenvalue weighted by molar-refractivity contribution is 0.0320. The average molecular weight is 357 g/mol. The number of ether oxygens (including phenoxy) is 1. The first-order valence-corrected chi connectivity index (χ1v) is 9.76. The first-order chi connectivity index (χ1) is 11.5. The van der Waals surface area contributed by atoms with Crippen molar-refractivity contribution in [1.82, 2.24) is 9.62 Å². The summed E-state index contributed by atoms with van der Waals surface area (Å²) in [4.78, 5) is 4.36. The van der Waals surface area contributed by atoms with Crippen LogP contribution in [0.2, 0.25) is 0 Å². The standard InChI is InChI=1S/C16H24FN3O3S/c1-18-24(21,22)14-2-3-16(15(17)10-14)20-5-4-13(12-20)11-19-6-8-23-9-7-19/h2-3,10,13,18H,4-9,11-12H2,1H3. The van der Waals surface area contributed by atoms with Crippen molar-refractivity contribution in [3.8, 4) is 0 Å². The van der Waals surface area contributed by atoms with E-state index in [1.165, 1.54) is 13.1 Å². The quantitative estimate of drug-likeness (QED) is 0.848. The van der Waals surface area contributed by atoms with E-state index in [9.17, 15) is 12.8 Å². The van der Waals surface area contributed by atoms with E-state index in [2.05, 4.69) is 9.62 Å². The summed E-state index contributed by atoms with van der Waals surface area (Å²) in [5, 5.41) is 0. The number of halogens is 1. The summed E-state index contributed by atoms with van der Waals surface area (Å²) >= 11 is 0. The molecule has 1 aromatic carbocycles. The molecule has 8 heteroatoms. The third-order valence-electron chi connectivity index (χ3n) is 4.74. The summed E-state index contributed by atoms with van der Waals surface area (Å²) in [6.07, 6.45) is 1.02. The Morgan fingerprint density at radius 3 is 2.71 bits per heavy atom. The van der Waals surface area contributed by atoms with Gasteiger partial charge in [-0.25, -0.2) is 17.5 Å². The molecule has 0 amide bonds. The van der Waals surface area contributed by atoms with E-state index in [1.54, 1.807) is 6.07 Å². The van der Waals surface area contributed by atoms with Gasteiger partial charge in [-0.3, -0.25) is 4.90 Å². The average Bonchev–Trinajstić information content (AvgIpc) is 3.04. The molecule has 2 fully saturated rings. The number of hydrogen-bond donors (Lipinski definition) is 1. The predicted molar refractivity (Wildman–Crippen MR) is 90.2 cm³/mol. The van der Waals surface area contributed by atoms with Gasteiger partial charge in [0.1, 0.15) is 5.82 Å². The molecule has 24 heavy (non-hydrogen) atoms. The van der Waals surface area contributed by atoms with Crippen LogP contribution in [0, 0.1) is 11.7 Å². The fourth-order valence-corrected chi connectivity index (χ4v) is 4.12. The van der Waals surface area contributed by atoms with Crippen LogP contribution in [-0.2, 0) is 14.8 Å². The highest BCUT2D eigenvalue weighted by Crippen LogP contribution is 2.28. The van der Waals surface area contributed by atoms with Crippen LogP contribution < -0.4 is 9.62 Å². The van der Waals surface area contributed by atoms with Crippen molar-refractivity contribution in [2.24, 2.45) is 5.92 Å². The van der Waals surface area contributed by atoms with Gasteiger partial charge in [0.05, 0.1) is 23.8 Å². The Morgan fingerprint density at radius 1 is 1.29 bits per heavy atom. The Bertz CT molecular complexity index is 677. The highest BCUT2D eigenvalue weighted by atomic mass is 32.2. The Morgan fingerprint density at radius 2 is 2.04 bits per heavy atom. The number of nitrogens with zero attached hydrogens (tertiary/aromatic N) is 2. The maximum absolute atomic E-state index is 14.4. The van der Waals surface area contributed by atoms with E-state index >= 15 is 0 Å². The zero-order chi connectivity index (χ0) is 17.2. The second-order valence-electron chi connectivity index (χ2n) is 6.33. The molecule has 0 aliphatic carbocycles. The van der Waals surface area contributed by atoms with E-state index in [-0.39, 0.29) is 4.90 Å². The zero-order valence-electron chi connectivity index (χ0n) is 13.9. The number of sulfonamides is 1. The zero-order valence-corrected chi connectivity index (χ0v) is 14.7. The number of morpholine rings is 1. The van der Waals surface area contributed by atoms with Crippen LogP contribution in [-0.4, -0.2) is 66.3 Å². The lowest BCUT2D eigenvalue weighted by Crippen LogP contribution is -2.39. The van der Waals surface area contributed by atoms with Gasteiger partial charge in [-0.15, -0.1) is 0 Å². The highest BCUT2D eigenvalue weighted by Gasteiger charge is 2.27. The molecule has 1 N–H and O–H groups in total. The smallest absolute Gasteiger partial charge is 0.240 e. The van der Waals surface area contributed by atoms with Crippen molar-refractivity contribution in [2.75, 3.05) is 57.9 Å². The Hall–Kier alpha value is -1.22. The molecule has 2 saturated heterocycles. The molecule has 0 aromatic heterocycles. The number of hydrogen-bond acceptors (Lipinski definition) is 5. The Balaban J connectivity index is 1.65. The van der Waals surface area contributed by atoms with Crippen molar-refractivity contribution < 1.29 is 17.5 Å². The maximum Gasteiger partial charge on any atom is 0.240 e. The first kappa shape index (κ1) is 17.6. The van der Waals surface area contributed by atoms with Crippen LogP contribution >= 0.6 is 0 Å². The highest BCUT2D eigenvalue weighted by molar-refractivity contribution is 7.89. The summed E-state index contributed by atoms with van der Waals surface area (Å²) in [7, 11) is -2.30. The Labute approximate surface area is 142 Å². The molecule has 6 nitrogen and oxygen atoms in total. The Kier molecular flexibility index (Phi) is 5.39. The van der Waals surface area contributed by atoms with Gasteiger partial charge in [-0.2, -0.15) is 0 Å². The molecule has 0 saturated carbocycles. The van der Waals surface area contributed by atoms with Crippen LogP contribution in [0.4, 0.5) is 10.1 Å². The van der Waals surface area contributed by atoms with Gasteiger partial charge in [0, 0.05) is 32.7 Å². The molecule has 1 unspecified atom stereocenters. The van der Waals surface area contributed by atoms with Crippen molar-refractivity contribution >= 4 is 15.7 Å². The summed E-state index contributed by atoms with van der Waals surface area (Å²) < 4.78 is 45.5. The SMILES string of the molecule is CNS(=O)(=O)c1ccc(N2CCC(CN3CCOCC3)C2)c(F)c1. The van der Waals surface area contributed by atoms with Crippen LogP contribution in [0.3, 0.4) is 0 Å². The fraction of sp³-hybridized carbons (Fsp3) is 0.625. The summed E-state index contributed by atoms with van der Waals surface area (Å²) in [5.74, 6) is 0.0153. The molecule has 1 atom stereocenters.